The number of carbonyl (C=O) groups is 1. The molecule has 0 atom stereocenters. The summed E-state index contributed by atoms with van der Waals surface area (Å²) in [5.41, 5.74) is 6.77. The summed E-state index contributed by atoms with van der Waals surface area (Å²) >= 11 is 0. The summed E-state index contributed by atoms with van der Waals surface area (Å²) in [6.45, 7) is 10.9. The van der Waals surface area contributed by atoms with Crippen molar-refractivity contribution in [2.24, 2.45) is 4.99 Å². The lowest BCUT2D eigenvalue weighted by atomic mass is 9.98. The van der Waals surface area contributed by atoms with Gasteiger partial charge in [0.25, 0.3) is 0 Å². The highest BCUT2D eigenvalue weighted by atomic mass is 16.1. The van der Waals surface area contributed by atoms with Crippen LogP contribution in [0.4, 0.5) is 0 Å². The molecule has 27 heavy (non-hydrogen) atoms. The van der Waals surface area contributed by atoms with Gasteiger partial charge in [0.05, 0.1) is 0 Å². The fourth-order valence-corrected chi connectivity index (χ4v) is 4.40. The average molecular weight is 364 g/mol. The van der Waals surface area contributed by atoms with Crippen LogP contribution in [0.1, 0.15) is 43.4 Å². The second-order valence-electron chi connectivity index (χ2n) is 7.95. The van der Waals surface area contributed by atoms with Crippen LogP contribution >= 0.6 is 0 Å². The molecule has 2 aliphatic heterocycles. The molecule has 0 saturated carbocycles. The minimum absolute atomic E-state index is 0.234. The number of likely N-dealkylation sites (N-methyl/N-ethyl adjacent to an activating group) is 1. The Morgan fingerprint density at radius 1 is 1.11 bits per heavy atom. The number of ketones is 1. The standard InChI is InChI=1S/C23H29N3O/c1-3-25-8-5-9-26(11-10-25)16-19-7-4-6-18-13-22(27)21(23(18)19)14-20-12-17(2)15-24-20/h4,6-7,14-15H,3,5,8-13,16H2,1-2H3/b21-14+. The molecule has 0 radical (unpaired) electrons. The van der Waals surface area contributed by atoms with Crippen LogP contribution in [0, 0.1) is 0 Å². The Labute approximate surface area is 162 Å². The molecule has 1 aromatic carbocycles. The molecule has 0 bridgehead atoms. The Kier molecular flexibility index (Phi) is 5.37. The van der Waals surface area contributed by atoms with Crippen molar-refractivity contribution in [2.75, 3.05) is 32.7 Å². The number of carbonyl (C=O) groups excluding carboxylic acids is 1. The second-order valence-corrected chi connectivity index (χ2v) is 7.95. The predicted octanol–water partition coefficient (Wildman–Crippen LogP) is 3.47. The van der Waals surface area contributed by atoms with Gasteiger partial charge in [0.1, 0.15) is 0 Å². The topological polar surface area (TPSA) is 35.9 Å². The van der Waals surface area contributed by atoms with E-state index in [4.69, 9.17) is 0 Å². The Balaban J connectivity index is 1.58. The van der Waals surface area contributed by atoms with E-state index in [9.17, 15) is 4.79 Å². The van der Waals surface area contributed by atoms with Gasteiger partial charge in [-0.1, -0.05) is 25.1 Å². The van der Waals surface area contributed by atoms with Crippen molar-refractivity contribution >= 4 is 17.1 Å². The minimum atomic E-state index is 0.234. The van der Waals surface area contributed by atoms with Crippen LogP contribution in [0.25, 0.3) is 5.57 Å². The molecule has 0 amide bonds. The first kappa shape index (κ1) is 18.3. The summed E-state index contributed by atoms with van der Waals surface area (Å²) in [5, 5.41) is 0. The second kappa shape index (κ2) is 7.91. The molecule has 4 heteroatoms. The van der Waals surface area contributed by atoms with Crippen LogP contribution in [0.15, 0.2) is 41.0 Å². The number of benzene rings is 1. The van der Waals surface area contributed by atoms with Crippen molar-refractivity contribution in [1.82, 2.24) is 9.80 Å². The molecule has 1 aliphatic carbocycles. The van der Waals surface area contributed by atoms with Crippen LogP contribution in [-0.2, 0) is 17.8 Å². The summed E-state index contributed by atoms with van der Waals surface area (Å²) in [5.74, 6) is 0.234. The maximum absolute atomic E-state index is 12.7. The van der Waals surface area contributed by atoms with E-state index in [2.05, 4.69) is 46.8 Å². The minimum Gasteiger partial charge on any atom is -0.302 e. The van der Waals surface area contributed by atoms with Crippen LogP contribution in [-0.4, -0.2) is 54.0 Å². The van der Waals surface area contributed by atoms with Crippen LogP contribution in [0.5, 0.6) is 0 Å². The number of hydrogen-bond donors (Lipinski definition) is 0. The number of rotatable bonds is 4. The van der Waals surface area contributed by atoms with Gasteiger partial charge in [0.2, 0.25) is 0 Å². The zero-order chi connectivity index (χ0) is 18.8. The SMILES string of the molecule is CCN1CCCN(Cc2cccc3c2/C(=C/C2=NC=C(C)C2)C(=O)C3)CC1. The summed E-state index contributed by atoms with van der Waals surface area (Å²) in [4.78, 5) is 22.3. The normalized spacial score (nSPS) is 22.7. The lowest BCUT2D eigenvalue weighted by Gasteiger charge is -2.22. The molecule has 0 unspecified atom stereocenters. The third-order valence-electron chi connectivity index (χ3n) is 5.90. The fourth-order valence-electron chi connectivity index (χ4n) is 4.40. The first-order valence-corrected chi connectivity index (χ1v) is 10.2. The van der Waals surface area contributed by atoms with Crippen LogP contribution in [0.3, 0.4) is 0 Å². The van der Waals surface area contributed by atoms with E-state index in [0.29, 0.717) is 6.42 Å². The number of allylic oxidation sites excluding steroid dienone is 3. The van der Waals surface area contributed by atoms with Gasteiger partial charge in [-0.25, -0.2) is 0 Å². The average Bonchev–Trinajstić information content (AvgIpc) is 3.11. The number of Topliss-reactive ketones (excluding diaryl/α,β-unsaturated/α-hetero) is 1. The van der Waals surface area contributed by atoms with Crippen molar-refractivity contribution in [3.8, 4) is 0 Å². The number of fused-ring (bicyclic) bond motifs is 1. The first-order valence-electron chi connectivity index (χ1n) is 10.2. The lowest BCUT2D eigenvalue weighted by Crippen LogP contribution is -2.30. The summed E-state index contributed by atoms with van der Waals surface area (Å²) in [6.07, 6.45) is 6.54. The predicted molar refractivity (Wildman–Crippen MR) is 111 cm³/mol. The molecule has 3 aliphatic rings. The molecule has 0 N–H and O–H groups in total. The van der Waals surface area contributed by atoms with Gasteiger partial charge in [-0.2, -0.15) is 0 Å². The highest BCUT2D eigenvalue weighted by Gasteiger charge is 2.28. The monoisotopic (exact) mass is 363 g/mol. The number of nitrogens with zero attached hydrogens (tertiary/aromatic N) is 3. The zero-order valence-corrected chi connectivity index (χ0v) is 16.5. The maximum atomic E-state index is 12.7. The first-order chi connectivity index (χ1) is 13.1. The molecule has 1 aromatic rings. The molecular weight excluding hydrogens is 334 g/mol. The molecule has 1 saturated heterocycles. The Bertz CT molecular complexity index is 834. The fraction of sp³-hybridized carbons (Fsp3) is 0.478. The van der Waals surface area contributed by atoms with Crippen molar-refractivity contribution in [2.45, 2.75) is 39.7 Å². The van der Waals surface area contributed by atoms with E-state index < -0.39 is 0 Å². The van der Waals surface area contributed by atoms with Crippen molar-refractivity contribution in [3.05, 3.63) is 52.7 Å². The third kappa shape index (κ3) is 3.97. The van der Waals surface area contributed by atoms with E-state index >= 15 is 0 Å². The van der Waals surface area contributed by atoms with E-state index in [1.165, 1.54) is 35.2 Å². The van der Waals surface area contributed by atoms with Gasteiger partial charge in [-0.3, -0.25) is 14.7 Å². The van der Waals surface area contributed by atoms with Gasteiger partial charge in [-0.05, 0) is 61.3 Å². The Morgan fingerprint density at radius 3 is 2.70 bits per heavy atom. The smallest absolute Gasteiger partial charge is 0.167 e. The largest absolute Gasteiger partial charge is 0.302 e. The Morgan fingerprint density at radius 2 is 1.93 bits per heavy atom. The molecule has 4 nitrogen and oxygen atoms in total. The third-order valence-corrected chi connectivity index (χ3v) is 5.90. The highest BCUT2D eigenvalue weighted by Crippen LogP contribution is 2.34. The van der Waals surface area contributed by atoms with E-state index in [1.54, 1.807) is 0 Å². The summed E-state index contributed by atoms with van der Waals surface area (Å²) in [7, 11) is 0. The number of hydrogen-bond acceptors (Lipinski definition) is 4. The molecule has 0 spiro atoms. The molecular formula is C23H29N3O. The zero-order valence-electron chi connectivity index (χ0n) is 16.5. The van der Waals surface area contributed by atoms with E-state index in [-0.39, 0.29) is 5.78 Å². The maximum Gasteiger partial charge on any atom is 0.167 e. The molecule has 2 heterocycles. The molecule has 1 fully saturated rings. The van der Waals surface area contributed by atoms with Crippen molar-refractivity contribution in [1.29, 1.82) is 0 Å². The molecule has 4 rings (SSSR count). The van der Waals surface area contributed by atoms with Crippen molar-refractivity contribution < 1.29 is 4.79 Å². The Hall–Kier alpha value is -2.04. The summed E-state index contributed by atoms with van der Waals surface area (Å²) < 4.78 is 0. The van der Waals surface area contributed by atoms with Gasteiger partial charge in [-0.15, -0.1) is 0 Å². The molecule has 142 valence electrons. The van der Waals surface area contributed by atoms with Crippen LogP contribution in [0.2, 0.25) is 0 Å². The summed E-state index contributed by atoms with van der Waals surface area (Å²) in [6, 6.07) is 6.42. The number of aliphatic imine (C=N–C) groups is 1. The van der Waals surface area contributed by atoms with Gasteiger partial charge < -0.3 is 4.90 Å². The van der Waals surface area contributed by atoms with Gasteiger partial charge >= 0.3 is 0 Å². The highest BCUT2D eigenvalue weighted by molar-refractivity contribution is 6.29. The van der Waals surface area contributed by atoms with E-state index in [1.807, 2.05) is 12.3 Å². The van der Waals surface area contributed by atoms with Crippen molar-refractivity contribution in [3.63, 3.8) is 0 Å². The van der Waals surface area contributed by atoms with Gasteiger partial charge in [0, 0.05) is 50.0 Å². The van der Waals surface area contributed by atoms with E-state index in [0.717, 1.165) is 50.4 Å². The quantitative estimate of drug-likeness (QED) is 0.769. The lowest BCUT2D eigenvalue weighted by molar-refractivity contribution is -0.112. The van der Waals surface area contributed by atoms with Crippen LogP contribution < -0.4 is 0 Å². The van der Waals surface area contributed by atoms with Gasteiger partial charge in [0.15, 0.2) is 5.78 Å². The molecule has 0 aromatic heterocycles.